The lowest BCUT2D eigenvalue weighted by molar-refractivity contribution is 0.582. The molecule has 6 rings (SSSR count). The van der Waals surface area contributed by atoms with Crippen molar-refractivity contribution in [2.75, 3.05) is 12.3 Å². The van der Waals surface area contributed by atoms with Gasteiger partial charge in [0, 0.05) is 11.1 Å². The molecule has 6 aromatic carbocycles. The van der Waals surface area contributed by atoms with Crippen LogP contribution in [0.1, 0.15) is 100 Å². The van der Waals surface area contributed by atoms with E-state index < -0.39 is 7.80 Å². The van der Waals surface area contributed by atoms with E-state index in [-0.39, 0.29) is 11.6 Å². The molecule has 0 radical (unpaired) electrons. The summed E-state index contributed by atoms with van der Waals surface area (Å²) in [4.78, 5) is 0. The molecule has 0 saturated carbocycles. The highest BCUT2D eigenvalue weighted by Crippen LogP contribution is 2.31. The second kappa shape index (κ2) is 22.4. The van der Waals surface area contributed by atoms with Crippen molar-refractivity contribution in [3.05, 3.63) is 167 Å². The second-order valence-corrected chi connectivity index (χ2v) is 17.8. The number of hydrogen-bond acceptors (Lipinski definition) is 1. The van der Waals surface area contributed by atoms with Gasteiger partial charge in [0.05, 0.1) is 0 Å². The van der Waals surface area contributed by atoms with Gasteiger partial charge in [-0.15, -0.1) is 0 Å². The third kappa shape index (κ3) is 12.6. The molecule has 300 valence electrons. The lowest BCUT2D eigenvalue weighted by atomic mass is 9.97. The molecule has 0 aromatic heterocycles. The number of aryl methyl sites for hydroxylation is 4. The Bertz CT molecular complexity index is 2010. The van der Waals surface area contributed by atoms with Crippen LogP contribution in [0, 0.1) is 11.6 Å². The SMILES string of the molecule is CCCCCc1ccc(-c2ccc(-c3ccc(CCCC[P+](=O)CCCCc4ccc(-c5ccc(-c6ccc(CCCCC)cc6)cc5F)cc4)cc3)c(F)c2)cc1. The zero-order valence-electron chi connectivity index (χ0n) is 34.6. The summed E-state index contributed by atoms with van der Waals surface area (Å²) in [5, 5.41) is 0. The van der Waals surface area contributed by atoms with E-state index in [4.69, 9.17) is 0 Å². The predicted octanol–water partition coefficient (Wildman–Crippen LogP) is 16.3. The fourth-order valence-corrected chi connectivity index (χ4v) is 9.17. The van der Waals surface area contributed by atoms with E-state index in [2.05, 4.69) is 86.6 Å². The Morgan fingerprint density at radius 1 is 0.362 bits per heavy atom. The first-order chi connectivity index (χ1) is 28.4. The van der Waals surface area contributed by atoms with Crippen LogP contribution in [0.3, 0.4) is 0 Å². The molecular formula is C54H60F2OP+. The fraction of sp³-hybridized carbons (Fsp3) is 0.333. The maximum Gasteiger partial charge on any atom is 0.338 e. The van der Waals surface area contributed by atoms with Gasteiger partial charge in [0.25, 0.3) is 0 Å². The molecule has 1 nitrogen and oxygen atoms in total. The molecule has 0 N–H and O–H groups in total. The van der Waals surface area contributed by atoms with Crippen LogP contribution in [-0.4, -0.2) is 12.3 Å². The zero-order chi connectivity index (χ0) is 40.5. The zero-order valence-corrected chi connectivity index (χ0v) is 35.5. The Kier molecular flexibility index (Phi) is 16.6. The Morgan fingerprint density at radius 2 is 0.655 bits per heavy atom. The van der Waals surface area contributed by atoms with Crippen molar-refractivity contribution in [1.82, 2.24) is 0 Å². The van der Waals surface area contributed by atoms with Crippen LogP contribution >= 0.6 is 7.80 Å². The van der Waals surface area contributed by atoms with Crippen LogP contribution in [0.5, 0.6) is 0 Å². The minimum absolute atomic E-state index is 0.206. The molecule has 0 heterocycles. The van der Waals surface area contributed by atoms with Gasteiger partial charge >= 0.3 is 7.80 Å². The van der Waals surface area contributed by atoms with E-state index in [1.54, 1.807) is 12.1 Å². The number of rotatable bonds is 22. The number of halogens is 2. The Labute approximate surface area is 347 Å². The van der Waals surface area contributed by atoms with E-state index in [9.17, 15) is 4.57 Å². The normalized spacial score (nSPS) is 11.2. The molecule has 6 aromatic rings. The van der Waals surface area contributed by atoms with Gasteiger partial charge in [-0.05, 0) is 132 Å². The molecule has 0 bridgehead atoms. The molecule has 0 unspecified atom stereocenters. The first kappa shape index (κ1) is 42.9. The summed E-state index contributed by atoms with van der Waals surface area (Å²) in [6, 6.07) is 44.6. The predicted molar refractivity (Wildman–Crippen MR) is 244 cm³/mol. The standard InChI is InChI=1S/C54H60F2OP/c1-3-5-7-13-41-17-25-45(26-18-41)49-33-35-51(53(55)39-49)47-29-21-43(22-30-47)15-9-11-37-58(57)38-12-10-16-44-23-31-48(32-24-44)52-36-34-50(40-54(52)56)46-27-19-42(20-28-46)14-8-6-4-2/h17-36,39-40H,3-16,37-38H2,1-2H3/q+1. The lowest BCUT2D eigenvalue weighted by Crippen LogP contribution is -1.92. The minimum atomic E-state index is -1.20. The average molecular weight is 794 g/mol. The van der Waals surface area contributed by atoms with Crippen molar-refractivity contribution in [3.8, 4) is 44.5 Å². The second-order valence-electron chi connectivity index (χ2n) is 15.9. The summed E-state index contributed by atoms with van der Waals surface area (Å²) in [5.74, 6) is -0.412. The van der Waals surface area contributed by atoms with E-state index in [1.165, 1.54) is 60.8 Å². The molecule has 0 atom stereocenters. The third-order valence-electron chi connectivity index (χ3n) is 11.4. The van der Waals surface area contributed by atoms with Crippen molar-refractivity contribution in [2.24, 2.45) is 0 Å². The van der Waals surface area contributed by atoms with Crippen molar-refractivity contribution in [2.45, 2.75) is 104 Å². The average Bonchev–Trinajstić information content (AvgIpc) is 3.25. The number of hydrogen-bond donors (Lipinski definition) is 0. The molecule has 0 aliphatic carbocycles. The van der Waals surface area contributed by atoms with Crippen molar-refractivity contribution in [1.29, 1.82) is 0 Å². The summed E-state index contributed by atoms with van der Waals surface area (Å²) in [7, 11) is -1.20. The Hall–Kier alpha value is -4.72. The fourth-order valence-electron chi connectivity index (χ4n) is 7.79. The Balaban J connectivity index is 0.873. The van der Waals surface area contributed by atoms with Gasteiger partial charge in [0.2, 0.25) is 0 Å². The van der Waals surface area contributed by atoms with Crippen molar-refractivity contribution >= 4 is 7.80 Å². The monoisotopic (exact) mass is 793 g/mol. The largest absolute Gasteiger partial charge is 0.338 e. The molecular weight excluding hydrogens is 734 g/mol. The summed E-state index contributed by atoms with van der Waals surface area (Å²) in [6.45, 7) is 4.44. The van der Waals surface area contributed by atoms with Crippen LogP contribution in [0.4, 0.5) is 8.78 Å². The topological polar surface area (TPSA) is 17.1 Å². The van der Waals surface area contributed by atoms with Crippen molar-refractivity contribution in [3.63, 3.8) is 0 Å². The van der Waals surface area contributed by atoms with Gasteiger partial charge in [-0.3, -0.25) is 0 Å². The smallest absolute Gasteiger partial charge is 0.206 e. The van der Waals surface area contributed by atoms with Gasteiger partial charge in [-0.1, -0.05) is 165 Å². The van der Waals surface area contributed by atoms with Gasteiger partial charge < -0.3 is 0 Å². The molecule has 0 saturated heterocycles. The quantitative estimate of drug-likeness (QED) is 0.0494. The first-order valence-electron chi connectivity index (χ1n) is 21.8. The van der Waals surface area contributed by atoms with Crippen LogP contribution in [0.15, 0.2) is 133 Å². The highest BCUT2D eigenvalue weighted by molar-refractivity contribution is 7.44. The van der Waals surface area contributed by atoms with E-state index >= 15 is 8.78 Å². The maximum atomic E-state index is 15.3. The molecule has 4 heteroatoms. The molecule has 58 heavy (non-hydrogen) atoms. The maximum absolute atomic E-state index is 15.3. The van der Waals surface area contributed by atoms with Crippen LogP contribution < -0.4 is 0 Å². The molecule has 0 amide bonds. The molecule has 0 spiro atoms. The van der Waals surface area contributed by atoms with E-state index in [1.807, 2.05) is 48.5 Å². The van der Waals surface area contributed by atoms with Crippen molar-refractivity contribution < 1.29 is 13.3 Å². The Morgan fingerprint density at radius 3 is 0.966 bits per heavy atom. The van der Waals surface area contributed by atoms with Crippen LogP contribution in [-0.2, 0) is 30.2 Å². The molecule has 0 aliphatic heterocycles. The van der Waals surface area contributed by atoms with E-state index in [0.717, 1.165) is 97.1 Å². The summed E-state index contributed by atoms with van der Waals surface area (Å²) in [6.07, 6.45) is 16.8. The number of unbranched alkanes of at least 4 members (excludes halogenated alkanes) is 6. The van der Waals surface area contributed by atoms with Crippen LogP contribution in [0.2, 0.25) is 0 Å². The highest BCUT2D eigenvalue weighted by Gasteiger charge is 2.15. The van der Waals surface area contributed by atoms with Gasteiger partial charge in [0.1, 0.15) is 24.0 Å². The highest BCUT2D eigenvalue weighted by atomic mass is 31.1. The van der Waals surface area contributed by atoms with E-state index in [0.29, 0.717) is 11.1 Å². The number of benzene rings is 6. The molecule has 0 fully saturated rings. The minimum Gasteiger partial charge on any atom is -0.206 e. The third-order valence-corrected chi connectivity index (χ3v) is 13.1. The first-order valence-corrected chi connectivity index (χ1v) is 23.4. The molecule has 0 aliphatic rings. The lowest BCUT2D eigenvalue weighted by Gasteiger charge is -2.09. The van der Waals surface area contributed by atoms with Gasteiger partial charge in [-0.25, -0.2) is 8.78 Å². The van der Waals surface area contributed by atoms with Gasteiger partial charge in [0.15, 0.2) is 0 Å². The summed E-state index contributed by atoms with van der Waals surface area (Å²) >= 11 is 0. The van der Waals surface area contributed by atoms with Gasteiger partial charge in [-0.2, -0.15) is 0 Å². The van der Waals surface area contributed by atoms with Crippen LogP contribution in [0.25, 0.3) is 44.5 Å². The summed E-state index contributed by atoms with van der Waals surface area (Å²) in [5.41, 5.74) is 12.0. The summed E-state index contributed by atoms with van der Waals surface area (Å²) < 4.78 is 43.3.